The number of carbonyl (C=O) groups excluding carboxylic acids is 1. The third-order valence-electron chi connectivity index (χ3n) is 2.88. The van der Waals surface area contributed by atoms with Crippen LogP contribution in [0.4, 0.5) is 5.13 Å². The van der Waals surface area contributed by atoms with E-state index in [0.29, 0.717) is 24.8 Å². The average molecular weight is 292 g/mol. The van der Waals surface area contributed by atoms with Gasteiger partial charge >= 0.3 is 0 Å². The van der Waals surface area contributed by atoms with Crippen LogP contribution in [-0.2, 0) is 29.1 Å². The summed E-state index contributed by atoms with van der Waals surface area (Å²) in [5, 5.41) is 9.12. The Bertz CT molecular complexity index is 681. The molecule has 0 radical (unpaired) electrons. The van der Waals surface area contributed by atoms with Crippen LogP contribution in [-0.4, -0.2) is 27.3 Å². The molecule has 0 unspecified atom stereocenters. The normalized spacial score (nSPS) is 13.8. The van der Waals surface area contributed by atoms with E-state index >= 15 is 0 Å². The van der Waals surface area contributed by atoms with Crippen molar-refractivity contribution in [2.24, 2.45) is 0 Å². The second-order valence-electron chi connectivity index (χ2n) is 4.30. The van der Waals surface area contributed by atoms with Gasteiger partial charge in [0.05, 0.1) is 18.9 Å². The zero-order valence-corrected chi connectivity index (χ0v) is 11.4. The van der Waals surface area contributed by atoms with Crippen LogP contribution in [0.1, 0.15) is 11.3 Å². The Morgan fingerprint density at radius 2 is 2.45 bits per heavy atom. The molecule has 1 N–H and O–H groups in total. The number of nitrogens with one attached hydrogen (secondary N) is 1. The van der Waals surface area contributed by atoms with E-state index in [0.717, 1.165) is 11.3 Å². The molecule has 3 rings (SSSR count). The maximum absolute atomic E-state index is 11.9. The first-order valence-corrected chi connectivity index (χ1v) is 6.97. The number of ether oxygens (including phenoxy) is 1. The molecule has 20 heavy (non-hydrogen) atoms. The maximum Gasteiger partial charge on any atom is 0.267 e. The number of nitrogens with zero attached hydrogens (tertiary/aromatic N) is 3. The first kappa shape index (κ1) is 12.9. The van der Waals surface area contributed by atoms with Crippen LogP contribution in [0, 0.1) is 0 Å². The molecule has 1 amide bonds. The number of fused-ring (bicyclic) bond motifs is 1. The van der Waals surface area contributed by atoms with Gasteiger partial charge in [-0.2, -0.15) is 5.10 Å². The number of hydrogen-bond acceptors (Lipinski definition) is 6. The Balaban J connectivity index is 1.77. The molecule has 8 heteroatoms. The topological polar surface area (TPSA) is 86.1 Å². The van der Waals surface area contributed by atoms with Crippen molar-refractivity contribution < 1.29 is 9.53 Å². The lowest BCUT2D eigenvalue weighted by molar-refractivity contribution is -0.117. The van der Waals surface area contributed by atoms with Gasteiger partial charge in [0, 0.05) is 29.6 Å². The van der Waals surface area contributed by atoms with Gasteiger partial charge in [0.15, 0.2) is 5.13 Å². The molecule has 1 aliphatic rings. The van der Waals surface area contributed by atoms with Crippen molar-refractivity contribution >= 4 is 22.4 Å². The van der Waals surface area contributed by atoms with Crippen molar-refractivity contribution in [3.63, 3.8) is 0 Å². The lowest BCUT2D eigenvalue weighted by Crippen LogP contribution is -2.32. The zero-order chi connectivity index (χ0) is 13.9. The predicted molar refractivity (Wildman–Crippen MR) is 72.6 cm³/mol. The smallest absolute Gasteiger partial charge is 0.267 e. The molecule has 2 aromatic rings. The first-order valence-electron chi connectivity index (χ1n) is 6.09. The van der Waals surface area contributed by atoms with E-state index in [9.17, 15) is 9.59 Å². The van der Waals surface area contributed by atoms with Crippen molar-refractivity contribution in [2.45, 2.75) is 19.6 Å². The van der Waals surface area contributed by atoms with Crippen LogP contribution >= 0.6 is 11.3 Å². The van der Waals surface area contributed by atoms with Crippen molar-refractivity contribution in [1.82, 2.24) is 14.8 Å². The molecule has 0 spiro atoms. The lowest BCUT2D eigenvalue weighted by atomic mass is 10.1. The molecule has 104 valence electrons. The van der Waals surface area contributed by atoms with Gasteiger partial charge in [0.25, 0.3) is 5.56 Å². The summed E-state index contributed by atoms with van der Waals surface area (Å²) in [6, 6.07) is 1.48. The average Bonchev–Trinajstić information content (AvgIpc) is 2.92. The highest BCUT2D eigenvalue weighted by molar-refractivity contribution is 7.13. The van der Waals surface area contributed by atoms with E-state index in [4.69, 9.17) is 4.74 Å². The van der Waals surface area contributed by atoms with Gasteiger partial charge in [-0.1, -0.05) is 0 Å². The van der Waals surface area contributed by atoms with Crippen LogP contribution in [0.25, 0.3) is 0 Å². The number of carbonyl (C=O) groups is 1. The Kier molecular flexibility index (Phi) is 3.57. The van der Waals surface area contributed by atoms with Crippen molar-refractivity contribution in [1.29, 1.82) is 0 Å². The summed E-state index contributed by atoms with van der Waals surface area (Å²) >= 11 is 1.32. The lowest BCUT2D eigenvalue weighted by Gasteiger charge is -2.16. The summed E-state index contributed by atoms with van der Waals surface area (Å²) in [5.74, 6) is -0.318. The second-order valence-corrected chi connectivity index (χ2v) is 5.19. The van der Waals surface area contributed by atoms with Crippen LogP contribution in [0.15, 0.2) is 22.4 Å². The number of amides is 1. The van der Waals surface area contributed by atoms with Gasteiger partial charge in [-0.25, -0.2) is 9.67 Å². The fourth-order valence-electron chi connectivity index (χ4n) is 1.95. The molecule has 2 aromatic heterocycles. The van der Waals surface area contributed by atoms with Crippen molar-refractivity contribution in [3.05, 3.63) is 39.3 Å². The van der Waals surface area contributed by atoms with Gasteiger partial charge in [-0.3, -0.25) is 9.59 Å². The number of anilines is 1. The summed E-state index contributed by atoms with van der Waals surface area (Å²) in [4.78, 5) is 27.7. The van der Waals surface area contributed by atoms with E-state index in [1.54, 1.807) is 11.6 Å². The summed E-state index contributed by atoms with van der Waals surface area (Å²) in [6.45, 7) is 0.875. The number of hydrogen-bond donors (Lipinski definition) is 1. The molecule has 3 heterocycles. The Morgan fingerprint density at radius 3 is 3.25 bits per heavy atom. The molecule has 0 aliphatic carbocycles. The van der Waals surface area contributed by atoms with Gasteiger partial charge < -0.3 is 10.1 Å². The molecule has 0 saturated carbocycles. The van der Waals surface area contributed by atoms with E-state index in [1.807, 2.05) is 0 Å². The number of rotatable bonds is 3. The highest BCUT2D eigenvalue weighted by Gasteiger charge is 2.15. The molecular formula is C12H12N4O3S. The molecule has 1 aliphatic heterocycles. The minimum atomic E-state index is -0.318. The third-order valence-corrected chi connectivity index (χ3v) is 3.57. The number of thiazole rings is 1. The van der Waals surface area contributed by atoms with Crippen LogP contribution in [0.5, 0.6) is 0 Å². The highest BCUT2D eigenvalue weighted by atomic mass is 32.1. The minimum Gasteiger partial charge on any atom is -0.376 e. The minimum absolute atomic E-state index is 0.119. The van der Waals surface area contributed by atoms with E-state index in [1.165, 1.54) is 22.1 Å². The molecular weight excluding hydrogens is 280 g/mol. The number of aromatic nitrogens is 3. The monoisotopic (exact) mass is 292 g/mol. The Hall–Kier alpha value is -2.06. The summed E-state index contributed by atoms with van der Waals surface area (Å²) in [5.41, 5.74) is 1.32. The molecule has 0 aromatic carbocycles. The SMILES string of the molecule is O=C(Cn1nc2c(cc1=O)COCC2)Nc1nccs1. The standard InChI is InChI=1S/C12H12N4O3S/c17-10(14-12-13-2-4-20-12)6-16-11(18)5-8-7-19-3-1-9(8)15-16/h2,4-5H,1,3,6-7H2,(H,13,14,17). The van der Waals surface area contributed by atoms with Crippen LogP contribution < -0.4 is 10.9 Å². The van der Waals surface area contributed by atoms with Crippen molar-refractivity contribution in [2.75, 3.05) is 11.9 Å². The fourth-order valence-corrected chi connectivity index (χ4v) is 2.49. The molecule has 0 atom stereocenters. The Morgan fingerprint density at radius 1 is 1.55 bits per heavy atom. The fraction of sp³-hybridized carbons (Fsp3) is 0.333. The molecule has 0 bridgehead atoms. The van der Waals surface area contributed by atoms with Crippen LogP contribution in [0.3, 0.4) is 0 Å². The second kappa shape index (κ2) is 5.51. The Labute approximate surface area is 118 Å². The first-order chi connectivity index (χ1) is 9.72. The summed E-state index contributed by atoms with van der Waals surface area (Å²) < 4.78 is 6.44. The maximum atomic E-state index is 11.9. The molecule has 0 saturated heterocycles. The predicted octanol–water partition coefficient (Wildman–Crippen LogP) is 0.411. The van der Waals surface area contributed by atoms with E-state index in [2.05, 4.69) is 15.4 Å². The zero-order valence-electron chi connectivity index (χ0n) is 10.5. The van der Waals surface area contributed by atoms with Crippen molar-refractivity contribution in [3.8, 4) is 0 Å². The third kappa shape index (κ3) is 2.75. The molecule has 0 fully saturated rings. The van der Waals surface area contributed by atoms with E-state index < -0.39 is 0 Å². The largest absolute Gasteiger partial charge is 0.376 e. The summed E-state index contributed by atoms with van der Waals surface area (Å²) in [6.07, 6.45) is 2.26. The van der Waals surface area contributed by atoms with Crippen LogP contribution in [0.2, 0.25) is 0 Å². The van der Waals surface area contributed by atoms with Gasteiger partial charge in [0.1, 0.15) is 6.54 Å². The highest BCUT2D eigenvalue weighted by Crippen LogP contribution is 2.12. The van der Waals surface area contributed by atoms with E-state index in [-0.39, 0.29) is 18.0 Å². The molecule has 7 nitrogen and oxygen atoms in total. The van der Waals surface area contributed by atoms with Gasteiger partial charge in [-0.15, -0.1) is 11.3 Å². The van der Waals surface area contributed by atoms with Gasteiger partial charge in [-0.05, 0) is 0 Å². The quantitative estimate of drug-likeness (QED) is 0.885. The van der Waals surface area contributed by atoms with Gasteiger partial charge in [0.2, 0.25) is 5.91 Å². The summed E-state index contributed by atoms with van der Waals surface area (Å²) in [7, 11) is 0.